The number of aromatic nitrogens is 20. The quantitative estimate of drug-likeness (QED) is 0.139. The summed E-state index contributed by atoms with van der Waals surface area (Å²) in [5, 5.41) is 11.2. The maximum absolute atomic E-state index is 4.39. The lowest BCUT2D eigenvalue weighted by molar-refractivity contribution is 0.483. The molecular formula is C102H162N20. The van der Waals surface area contributed by atoms with Gasteiger partial charge in [0.1, 0.15) is 23.1 Å². The van der Waals surface area contributed by atoms with Crippen LogP contribution in [-0.2, 0) is 13.0 Å². The Hall–Kier alpha value is -10.9. The van der Waals surface area contributed by atoms with E-state index in [1.54, 1.807) is 31.2 Å². The van der Waals surface area contributed by atoms with E-state index in [0.717, 1.165) is 40.3 Å². The number of para-hydroxylation sites is 3. The summed E-state index contributed by atoms with van der Waals surface area (Å²) in [5.41, 5.74) is 18.0. The van der Waals surface area contributed by atoms with E-state index < -0.39 is 0 Å². The highest BCUT2D eigenvalue weighted by atomic mass is 15.3. The molecule has 0 unspecified atom stereocenters. The van der Waals surface area contributed by atoms with Gasteiger partial charge in [-0.05, 0) is 174 Å². The molecule has 2 aromatic carbocycles. The topological polar surface area (TPSA) is 206 Å². The Morgan fingerprint density at radius 2 is 0.877 bits per heavy atom. The van der Waals surface area contributed by atoms with Gasteiger partial charge >= 0.3 is 0 Å². The molecule has 122 heavy (non-hydrogen) atoms. The molecular weight excluding hydrogens is 1510 g/mol. The number of pyridine rings is 3. The van der Waals surface area contributed by atoms with Gasteiger partial charge in [0.05, 0.1) is 60.3 Å². The predicted molar refractivity (Wildman–Crippen MR) is 528 cm³/mol. The summed E-state index contributed by atoms with van der Waals surface area (Å²) in [4.78, 5) is 43.7. The van der Waals surface area contributed by atoms with Crippen molar-refractivity contribution in [3.05, 3.63) is 255 Å². The number of aryl methyl sites for hydroxylation is 1. The molecule has 0 fully saturated rings. The number of rotatable bonds is 9. The van der Waals surface area contributed by atoms with Crippen LogP contribution in [0.2, 0.25) is 0 Å². The first-order valence-corrected chi connectivity index (χ1v) is 45.8. The number of H-pyrrole nitrogens is 2. The molecule has 15 heterocycles. The van der Waals surface area contributed by atoms with Gasteiger partial charge in [-0.1, -0.05) is 250 Å². The monoisotopic (exact) mass is 1670 g/mol. The van der Waals surface area contributed by atoms with Crippen molar-refractivity contribution in [2.45, 2.75) is 329 Å². The molecule has 0 saturated carbocycles. The van der Waals surface area contributed by atoms with Gasteiger partial charge in [-0.25, -0.2) is 49.4 Å². The number of fused-ring (bicyclic) bond motifs is 8. The highest BCUT2D eigenvalue weighted by molar-refractivity contribution is 5.83. The van der Waals surface area contributed by atoms with Crippen molar-refractivity contribution in [2.24, 2.45) is 0 Å². The lowest BCUT2D eigenvalue weighted by Gasteiger charge is -2.15. The second-order valence-electron chi connectivity index (χ2n) is 28.6. The second-order valence-corrected chi connectivity index (χ2v) is 28.6. The zero-order valence-corrected chi connectivity index (χ0v) is 82.3. The molecule has 1 aliphatic heterocycles. The Morgan fingerprint density at radius 3 is 1.48 bits per heavy atom. The molecule has 1 aliphatic rings. The Bertz CT molecular complexity index is 4390. The number of nitrogens with zero attached hydrogens (tertiary/aromatic N) is 18. The third kappa shape index (κ3) is 34.6. The van der Waals surface area contributed by atoms with Crippen molar-refractivity contribution >= 4 is 61.1 Å². The fourth-order valence-electron chi connectivity index (χ4n) is 12.1. The molecule has 20 nitrogen and oxygen atoms in total. The number of nitrogens with one attached hydrogen (secondary N) is 2. The molecule has 16 aromatic rings. The SMILES string of the molecule is CC.CC.CC.CC.CC.CC.CC.CC.CC.CC(C)c1c[nH]c2ccccc12.CC(C)c1c[nH]c2ncccc12.CC(C)c1cnc2ccccn12.CC(C)c1cnc2ncccn12.CC(C)c1cnn2c1CCCC2.CC(C)c1cnn2ccccc12.CC(C)n1ccnc1.CC(C)n1cnc2ccccc21.CC(C)n1cnc2cncnc21. The molecule has 0 aliphatic carbocycles. The average Bonchev–Trinajstić information content (AvgIpc) is 1.74. The molecule has 0 radical (unpaired) electrons. The summed E-state index contributed by atoms with van der Waals surface area (Å²) in [6, 6.07) is 36.2. The fraction of sp³-hybridized carbons (Fsp3) is 0.480. The molecule has 0 atom stereocenters. The maximum Gasteiger partial charge on any atom is 0.233 e. The normalized spacial score (nSPS) is 10.5. The van der Waals surface area contributed by atoms with Gasteiger partial charge in [0.2, 0.25) is 5.78 Å². The maximum atomic E-state index is 4.39. The number of hydrogen-bond donors (Lipinski definition) is 2. The fourth-order valence-corrected chi connectivity index (χ4v) is 12.1. The van der Waals surface area contributed by atoms with Crippen LogP contribution >= 0.6 is 0 Å². The van der Waals surface area contributed by atoms with Gasteiger partial charge in [-0.2, -0.15) is 10.2 Å². The minimum absolute atomic E-state index is 0.393. The van der Waals surface area contributed by atoms with E-state index in [4.69, 9.17) is 0 Å². The van der Waals surface area contributed by atoms with Crippen molar-refractivity contribution in [1.29, 1.82) is 0 Å². The van der Waals surface area contributed by atoms with Crippen LogP contribution in [0.4, 0.5) is 0 Å². The van der Waals surface area contributed by atoms with E-state index >= 15 is 0 Å². The Balaban J connectivity index is 0.00000132. The van der Waals surface area contributed by atoms with Crippen LogP contribution in [0.3, 0.4) is 0 Å². The number of hydrogen-bond acceptors (Lipinski definition) is 11. The Labute approximate surface area is 736 Å². The lowest BCUT2D eigenvalue weighted by Crippen LogP contribution is -2.12. The minimum Gasteiger partial charge on any atom is -0.361 e. The smallest absolute Gasteiger partial charge is 0.233 e. The van der Waals surface area contributed by atoms with Crippen LogP contribution in [0.5, 0.6) is 0 Å². The van der Waals surface area contributed by atoms with Crippen molar-refractivity contribution in [3.8, 4) is 0 Å². The summed E-state index contributed by atoms with van der Waals surface area (Å²) < 4.78 is 14.5. The molecule has 17 rings (SSSR count). The number of aromatic amines is 2. The van der Waals surface area contributed by atoms with Crippen LogP contribution < -0.4 is 0 Å². The van der Waals surface area contributed by atoms with E-state index in [2.05, 4.69) is 263 Å². The number of benzene rings is 2. The first kappa shape index (κ1) is 111. The zero-order chi connectivity index (χ0) is 92.4. The molecule has 14 aromatic heterocycles. The summed E-state index contributed by atoms with van der Waals surface area (Å²) in [7, 11) is 0. The largest absolute Gasteiger partial charge is 0.361 e. The van der Waals surface area contributed by atoms with E-state index in [1.165, 1.54) is 85.9 Å². The number of imidazole rings is 5. The standard InChI is InChI=1S/C11H13N.2C10H12N2.C10H16N2.2C10H12N2.C9H11N3.C8H10N4.C6H10N2.9C2H6/c1-8(2)10-7-12-11-6-4-3-5-9(10)11;1-7(2)9-6-12-10-8(9)4-3-5-11-10;1-8(2)9-7-11-10-5-3-4-6-12(9)10;2*1-8(2)9-7-11-12-6-4-3-5-10(9)12;1-8(2)12-7-11-9-5-3-4-6-10(9)12;1-7(2)8-6-11-9-10-4-3-5-12(8)9;1-6(2)12-5-11-7-3-9-4-10-8(7)12;1-6(2)8-4-3-7-5-8;9*1-2/h3-8,12H,1-2H3;3-7H,1-2H3,(H,11,12);3-8H,1-2H3;7-8H,3-6H2,1-2H3;2*3-8H,1-2H3;3-7H,1-2H3;3-6H,1-2H3;3-6H,1-2H3;9*1-2H3. The first-order chi connectivity index (χ1) is 59.1. The van der Waals surface area contributed by atoms with Crippen LogP contribution in [0.25, 0.3) is 61.1 Å². The van der Waals surface area contributed by atoms with E-state index in [9.17, 15) is 0 Å². The van der Waals surface area contributed by atoms with Gasteiger partial charge in [-0.15, -0.1) is 0 Å². The summed E-state index contributed by atoms with van der Waals surface area (Å²) >= 11 is 0. The zero-order valence-electron chi connectivity index (χ0n) is 82.3. The van der Waals surface area contributed by atoms with Crippen LogP contribution in [0.15, 0.2) is 215 Å². The predicted octanol–water partition coefficient (Wildman–Crippen LogP) is 29.8. The first-order valence-electron chi connectivity index (χ1n) is 45.8. The van der Waals surface area contributed by atoms with Crippen molar-refractivity contribution in [3.63, 3.8) is 0 Å². The molecule has 20 heteroatoms. The lowest BCUT2D eigenvalue weighted by atomic mass is 9.99. The van der Waals surface area contributed by atoms with Gasteiger partial charge in [-0.3, -0.25) is 9.08 Å². The average molecular weight is 1670 g/mol. The third-order valence-electron chi connectivity index (χ3n) is 18.0. The van der Waals surface area contributed by atoms with Gasteiger partial charge < -0.3 is 28.1 Å². The van der Waals surface area contributed by atoms with Crippen LogP contribution in [-0.4, -0.2) is 96.7 Å². The highest BCUT2D eigenvalue weighted by Gasteiger charge is 2.17. The van der Waals surface area contributed by atoms with E-state index in [1.807, 2.05) is 267 Å². The van der Waals surface area contributed by atoms with Crippen LogP contribution in [0.1, 0.15) is 355 Å². The second kappa shape index (κ2) is 64.0. The Morgan fingerprint density at radius 1 is 0.352 bits per heavy atom. The van der Waals surface area contributed by atoms with E-state index in [0.29, 0.717) is 53.6 Å². The summed E-state index contributed by atoms with van der Waals surface area (Å²) in [6.07, 6.45) is 38.0. The van der Waals surface area contributed by atoms with Crippen LogP contribution in [0, 0.1) is 0 Å². The molecule has 0 amide bonds. The van der Waals surface area contributed by atoms with Gasteiger partial charge in [0.25, 0.3) is 0 Å². The molecule has 0 saturated heterocycles. The highest BCUT2D eigenvalue weighted by Crippen LogP contribution is 2.28. The van der Waals surface area contributed by atoms with Gasteiger partial charge in [0, 0.05) is 126 Å². The van der Waals surface area contributed by atoms with Crippen molar-refractivity contribution in [2.75, 3.05) is 0 Å². The molecule has 2 N–H and O–H groups in total. The van der Waals surface area contributed by atoms with Gasteiger partial charge in [0.15, 0.2) is 5.65 Å². The summed E-state index contributed by atoms with van der Waals surface area (Å²) in [5.74, 6) is 4.13. The van der Waals surface area contributed by atoms with Crippen molar-refractivity contribution in [1.82, 2.24) is 96.7 Å². The Kier molecular flexibility index (Phi) is 58.3. The van der Waals surface area contributed by atoms with Crippen molar-refractivity contribution < 1.29 is 0 Å². The molecule has 670 valence electrons. The minimum atomic E-state index is 0.393. The van der Waals surface area contributed by atoms with E-state index in [-0.39, 0.29) is 0 Å². The molecule has 0 spiro atoms. The third-order valence-corrected chi connectivity index (χ3v) is 18.0. The summed E-state index contributed by atoms with van der Waals surface area (Å²) in [6.45, 7) is 76.2. The molecule has 0 bridgehead atoms.